The number of carboxylic acid groups (broad SMARTS) is 1. The monoisotopic (exact) mass is 499 g/mol. The highest BCUT2D eigenvalue weighted by Crippen LogP contribution is 2.28. The van der Waals surface area contributed by atoms with Crippen LogP contribution in [0.5, 0.6) is 0 Å². The van der Waals surface area contributed by atoms with E-state index in [1.165, 1.54) is 23.5 Å². The minimum Gasteiger partial charge on any atom is -0.475 e. The largest absolute Gasteiger partial charge is 0.490 e. The second kappa shape index (κ2) is 10.3. The molecule has 34 heavy (non-hydrogen) atoms. The number of halogens is 4. The molecule has 0 saturated carbocycles. The number of alkyl halides is 3. The number of aliphatic carboxylic acids is 1. The average Bonchev–Trinajstić information content (AvgIpc) is 3.37. The van der Waals surface area contributed by atoms with Crippen molar-refractivity contribution in [2.75, 3.05) is 18.5 Å². The third-order valence-corrected chi connectivity index (χ3v) is 5.90. The van der Waals surface area contributed by atoms with Crippen molar-refractivity contribution in [3.8, 4) is 0 Å². The standard InChI is InChI=1S/C19H20FN5OS.C2HF3O2/c1-23-8-7-16-17(12-23)27-18(22-16)19(26)25(11-13-9-21-24(2)10-13)15-5-3-14(20)4-6-15;3-2(4,5)1(6)7/h3-6,9-10H,7-8,11-12H2,1-2H3;(H,6,7). The lowest BCUT2D eigenvalue weighted by molar-refractivity contribution is -0.192. The number of carbonyl (C=O) groups excluding carboxylic acids is 1. The molecule has 0 spiro atoms. The molecule has 3 aromatic rings. The predicted octanol–water partition coefficient (Wildman–Crippen LogP) is 3.48. The van der Waals surface area contributed by atoms with Crippen LogP contribution in [0.15, 0.2) is 36.7 Å². The number of rotatable bonds is 4. The molecule has 4 rings (SSSR count). The number of benzene rings is 1. The molecule has 8 nitrogen and oxygen atoms in total. The first-order valence-electron chi connectivity index (χ1n) is 9.96. The van der Waals surface area contributed by atoms with E-state index >= 15 is 0 Å². The van der Waals surface area contributed by atoms with Crippen molar-refractivity contribution in [2.45, 2.75) is 25.7 Å². The molecule has 1 amide bonds. The van der Waals surface area contributed by atoms with Gasteiger partial charge in [0.25, 0.3) is 5.91 Å². The van der Waals surface area contributed by atoms with E-state index in [4.69, 9.17) is 9.90 Å². The van der Waals surface area contributed by atoms with Gasteiger partial charge >= 0.3 is 12.1 Å². The molecule has 182 valence electrons. The van der Waals surface area contributed by atoms with Gasteiger partial charge in [-0.2, -0.15) is 18.3 Å². The second-order valence-electron chi connectivity index (χ2n) is 7.57. The molecule has 13 heteroatoms. The maximum absolute atomic E-state index is 13.4. The van der Waals surface area contributed by atoms with Crippen molar-refractivity contribution in [3.05, 3.63) is 63.6 Å². The van der Waals surface area contributed by atoms with Gasteiger partial charge in [0, 0.05) is 48.9 Å². The number of anilines is 1. The number of carboxylic acids is 1. The maximum atomic E-state index is 13.4. The van der Waals surface area contributed by atoms with Gasteiger partial charge in [-0.1, -0.05) is 0 Å². The molecule has 0 radical (unpaired) electrons. The summed E-state index contributed by atoms with van der Waals surface area (Å²) in [5.74, 6) is -3.26. The smallest absolute Gasteiger partial charge is 0.475 e. The van der Waals surface area contributed by atoms with E-state index in [0.717, 1.165) is 35.6 Å². The molecular weight excluding hydrogens is 478 g/mol. The Morgan fingerprint density at radius 1 is 1.21 bits per heavy atom. The number of aryl methyl sites for hydroxylation is 1. The Labute approximate surface area is 196 Å². The Morgan fingerprint density at radius 2 is 1.85 bits per heavy atom. The van der Waals surface area contributed by atoms with E-state index in [9.17, 15) is 22.4 Å². The Morgan fingerprint density at radius 3 is 2.41 bits per heavy atom. The lowest BCUT2D eigenvalue weighted by atomic mass is 10.2. The fourth-order valence-corrected chi connectivity index (χ4v) is 4.30. The zero-order chi connectivity index (χ0) is 25.0. The van der Waals surface area contributed by atoms with Gasteiger partial charge in [-0.15, -0.1) is 11.3 Å². The number of thiazole rings is 1. The quantitative estimate of drug-likeness (QED) is 0.553. The van der Waals surface area contributed by atoms with Crippen molar-refractivity contribution in [3.63, 3.8) is 0 Å². The van der Waals surface area contributed by atoms with Crippen LogP contribution < -0.4 is 4.90 Å². The first kappa shape index (κ1) is 25.3. The van der Waals surface area contributed by atoms with E-state index in [2.05, 4.69) is 22.0 Å². The summed E-state index contributed by atoms with van der Waals surface area (Å²) in [5, 5.41) is 11.8. The van der Waals surface area contributed by atoms with Crippen LogP contribution in [0.1, 0.15) is 25.9 Å². The molecular formula is C21H21F4N5O3S. The summed E-state index contributed by atoms with van der Waals surface area (Å²) in [7, 11) is 3.90. The molecule has 1 aliphatic heterocycles. The van der Waals surface area contributed by atoms with Crippen LogP contribution in [0, 0.1) is 5.82 Å². The van der Waals surface area contributed by atoms with Crippen molar-refractivity contribution >= 4 is 28.9 Å². The van der Waals surface area contributed by atoms with E-state index in [1.807, 2.05) is 13.2 Å². The van der Waals surface area contributed by atoms with Crippen LogP contribution in [-0.2, 0) is 31.4 Å². The predicted molar refractivity (Wildman–Crippen MR) is 116 cm³/mol. The summed E-state index contributed by atoms with van der Waals surface area (Å²) in [6.45, 7) is 2.11. The Bertz CT molecular complexity index is 1160. The molecule has 1 N–H and O–H groups in total. The molecule has 0 atom stereocenters. The van der Waals surface area contributed by atoms with Crippen LogP contribution in [-0.4, -0.2) is 56.4 Å². The first-order chi connectivity index (χ1) is 15.9. The highest BCUT2D eigenvalue weighted by molar-refractivity contribution is 7.13. The summed E-state index contributed by atoms with van der Waals surface area (Å²) in [6, 6.07) is 5.96. The van der Waals surface area contributed by atoms with Crippen LogP contribution in [0.2, 0.25) is 0 Å². The highest BCUT2D eigenvalue weighted by Gasteiger charge is 2.38. The van der Waals surface area contributed by atoms with E-state index in [-0.39, 0.29) is 11.7 Å². The summed E-state index contributed by atoms with van der Waals surface area (Å²) in [4.78, 5) is 31.8. The number of likely N-dealkylation sites (N-methyl/N-ethyl adjacent to an activating group) is 1. The lowest BCUT2D eigenvalue weighted by Gasteiger charge is -2.21. The zero-order valence-electron chi connectivity index (χ0n) is 18.2. The Hall–Kier alpha value is -3.32. The zero-order valence-corrected chi connectivity index (χ0v) is 19.0. The number of aromatic nitrogens is 3. The molecule has 0 fully saturated rings. The van der Waals surface area contributed by atoms with Crippen molar-refractivity contribution in [1.82, 2.24) is 19.7 Å². The summed E-state index contributed by atoms with van der Waals surface area (Å²) < 4.78 is 46.8. The molecule has 0 unspecified atom stereocenters. The summed E-state index contributed by atoms with van der Waals surface area (Å²) in [5.41, 5.74) is 2.55. The molecule has 2 aromatic heterocycles. The summed E-state index contributed by atoms with van der Waals surface area (Å²) >= 11 is 1.45. The molecule has 1 aliphatic rings. The van der Waals surface area contributed by atoms with Gasteiger partial charge in [0.15, 0.2) is 5.01 Å². The van der Waals surface area contributed by atoms with E-state index in [0.29, 0.717) is 17.2 Å². The molecule has 1 aromatic carbocycles. The van der Waals surface area contributed by atoms with Gasteiger partial charge in [-0.25, -0.2) is 14.2 Å². The van der Waals surface area contributed by atoms with Gasteiger partial charge in [-0.3, -0.25) is 9.48 Å². The second-order valence-corrected chi connectivity index (χ2v) is 8.65. The SMILES string of the molecule is CN1CCc2nc(C(=O)N(Cc3cnn(C)c3)c3ccc(F)cc3)sc2C1.O=C(O)C(F)(F)F. The van der Waals surface area contributed by atoms with Crippen molar-refractivity contribution < 1.29 is 32.3 Å². The number of fused-ring (bicyclic) bond motifs is 1. The average molecular weight is 499 g/mol. The summed E-state index contributed by atoms with van der Waals surface area (Å²) in [6.07, 6.45) is -0.633. The molecule has 0 bridgehead atoms. The molecule has 3 heterocycles. The number of nitrogens with zero attached hydrogens (tertiary/aromatic N) is 5. The first-order valence-corrected chi connectivity index (χ1v) is 10.8. The highest BCUT2D eigenvalue weighted by atomic mass is 32.1. The van der Waals surface area contributed by atoms with Crippen LogP contribution in [0.3, 0.4) is 0 Å². The van der Waals surface area contributed by atoms with Crippen LogP contribution in [0.25, 0.3) is 0 Å². The van der Waals surface area contributed by atoms with Crippen LogP contribution >= 0.6 is 11.3 Å². The van der Waals surface area contributed by atoms with Crippen molar-refractivity contribution in [2.24, 2.45) is 7.05 Å². The Balaban J connectivity index is 0.000000406. The number of hydrogen-bond donors (Lipinski definition) is 1. The fourth-order valence-electron chi connectivity index (χ4n) is 3.17. The lowest BCUT2D eigenvalue weighted by Crippen LogP contribution is -2.30. The normalized spacial score (nSPS) is 13.6. The minimum atomic E-state index is -5.08. The molecule has 0 aliphatic carbocycles. The van der Waals surface area contributed by atoms with Gasteiger partial charge in [-0.05, 0) is 31.3 Å². The number of carbonyl (C=O) groups is 2. The minimum absolute atomic E-state index is 0.174. The number of hydrogen-bond acceptors (Lipinski definition) is 6. The van der Waals surface area contributed by atoms with Gasteiger partial charge in [0.05, 0.1) is 18.4 Å². The third-order valence-electron chi connectivity index (χ3n) is 4.83. The fraction of sp³-hybridized carbons (Fsp3) is 0.333. The van der Waals surface area contributed by atoms with Crippen molar-refractivity contribution in [1.29, 1.82) is 0 Å². The van der Waals surface area contributed by atoms with Gasteiger partial charge in [0.2, 0.25) is 0 Å². The van der Waals surface area contributed by atoms with Crippen LogP contribution in [0.4, 0.5) is 23.2 Å². The van der Waals surface area contributed by atoms with Gasteiger partial charge < -0.3 is 14.9 Å². The maximum Gasteiger partial charge on any atom is 0.490 e. The van der Waals surface area contributed by atoms with E-state index < -0.39 is 12.1 Å². The Kier molecular flexibility index (Phi) is 7.67. The number of amides is 1. The van der Waals surface area contributed by atoms with Gasteiger partial charge in [0.1, 0.15) is 5.82 Å². The molecule has 0 saturated heterocycles. The van der Waals surface area contributed by atoms with E-state index in [1.54, 1.807) is 27.9 Å². The third kappa shape index (κ3) is 6.38. The topological polar surface area (TPSA) is 91.6 Å².